The van der Waals surface area contributed by atoms with Gasteiger partial charge in [0.05, 0.1) is 16.4 Å². The zero-order chi connectivity index (χ0) is 39.7. The van der Waals surface area contributed by atoms with Crippen LogP contribution in [0, 0.1) is 0 Å². The smallest absolute Gasteiger partial charge is 0.238 e. The Kier molecular flexibility index (Phi) is 7.12. The van der Waals surface area contributed by atoms with Crippen molar-refractivity contribution in [2.45, 2.75) is 44.4 Å². The van der Waals surface area contributed by atoms with E-state index in [2.05, 4.69) is 164 Å². The number of fused-ring (bicyclic) bond motifs is 12. The minimum absolute atomic E-state index is 0.0290. The lowest BCUT2D eigenvalue weighted by molar-refractivity contribution is 0.549. The molecular weight excluding hydrogens is 753 g/mol. The van der Waals surface area contributed by atoms with E-state index in [9.17, 15) is 0 Å². The second kappa shape index (κ2) is 12.6. The lowest BCUT2D eigenvalue weighted by Gasteiger charge is -2.28. The fourth-order valence-corrected chi connectivity index (χ4v) is 11.5. The Labute approximate surface area is 350 Å². The van der Waals surface area contributed by atoms with Gasteiger partial charge in [-0.2, -0.15) is 9.97 Å². The molecular formula is C54H38N4OS. The molecule has 286 valence electrons. The first-order chi connectivity index (χ1) is 29.5. The average Bonchev–Trinajstić information content (AvgIpc) is 4.03. The summed E-state index contributed by atoms with van der Waals surface area (Å²) in [6.45, 7) is 4.72. The Bertz CT molecular complexity index is 3560. The van der Waals surface area contributed by atoms with Crippen LogP contribution in [0.15, 0.2) is 156 Å². The average molecular weight is 791 g/mol. The van der Waals surface area contributed by atoms with E-state index in [1.54, 1.807) is 0 Å². The molecule has 0 bridgehead atoms. The maximum atomic E-state index is 6.94. The van der Waals surface area contributed by atoms with Crippen molar-refractivity contribution in [2.24, 2.45) is 0 Å². The number of benzene rings is 6. The summed E-state index contributed by atoms with van der Waals surface area (Å²) in [7, 11) is 0. The van der Waals surface area contributed by atoms with E-state index in [0.717, 1.165) is 80.3 Å². The molecule has 10 aromatic rings. The minimum Gasteiger partial charge on any atom is -0.460 e. The largest absolute Gasteiger partial charge is 0.460 e. The van der Waals surface area contributed by atoms with Gasteiger partial charge in [-0.05, 0) is 65.4 Å². The van der Waals surface area contributed by atoms with Gasteiger partial charge in [0.15, 0.2) is 5.82 Å². The second-order valence-corrected chi connectivity index (χ2v) is 18.1. The van der Waals surface area contributed by atoms with Crippen LogP contribution in [0.25, 0.3) is 93.1 Å². The third-order valence-corrected chi connectivity index (χ3v) is 14.5. The SMILES string of the molecule is CC1(C)C2=C(C=CC(c3nc(-c4ccccc4)nc(-n4c5ccccc5c5c6oc7c(c6cc(-c6ccc8sc9ccccc9c8c6)c54)C=CCC7)n3)C2)c2ccccc21. The van der Waals surface area contributed by atoms with Gasteiger partial charge < -0.3 is 4.42 Å². The Balaban J connectivity index is 1.10. The molecule has 1 atom stereocenters. The van der Waals surface area contributed by atoms with Crippen molar-refractivity contribution in [1.82, 2.24) is 19.5 Å². The van der Waals surface area contributed by atoms with Gasteiger partial charge in [-0.25, -0.2) is 4.98 Å². The highest BCUT2D eigenvalue weighted by Gasteiger charge is 2.39. The van der Waals surface area contributed by atoms with Crippen LogP contribution in [-0.2, 0) is 11.8 Å². The minimum atomic E-state index is -0.0908. The summed E-state index contributed by atoms with van der Waals surface area (Å²) in [5.74, 6) is 3.05. The molecule has 0 saturated carbocycles. The first-order valence-electron chi connectivity index (χ1n) is 20.9. The number of aromatic nitrogens is 4. The van der Waals surface area contributed by atoms with Crippen LogP contribution in [-0.4, -0.2) is 19.5 Å². The molecule has 4 aromatic heterocycles. The van der Waals surface area contributed by atoms with E-state index in [-0.39, 0.29) is 11.3 Å². The van der Waals surface area contributed by atoms with Crippen molar-refractivity contribution in [3.63, 3.8) is 0 Å². The summed E-state index contributed by atoms with van der Waals surface area (Å²) in [5, 5.41) is 5.87. The molecule has 3 aliphatic rings. The number of aryl methyl sites for hydroxylation is 1. The molecule has 0 amide bonds. The molecule has 0 saturated heterocycles. The predicted octanol–water partition coefficient (Wildman–Crippen LogP) is 14.2. The fourth-order valence-electron chi connectivity index (χ4n) is 10.4. The number of hydrogen-bond acceptors (Lipinski definition) is 5. The van der Waals surface area contributed by atoms with Crippen LogP contribution in [0.1, 0.15) is 60.9 Å². The monoisotopic (exact) mass is 790 g/mol. The number of rotatable bonds is 4. The first kappa shape index (κ1) is 34.0. The highest BCUT2D eigenvalue weighted by atomic mass is 32.1. The molecule has 60 heavy (non-hydrogen) atoms. The van der Waals surface area contributed by atoms with Crippen molar-refractivity contribution in [3.8, 4) is 28.5 Å². The Hall–Kier alpha value is -6.89. The molecule has 3 aliphatic carbocycles. The molecule has 0 fully saturated rings. The molecule has 6 heteroatoms. The maximum Gasteiger partial charge on any atom is 0.238 e. The summed E-state index contributed by atoms with van der Waals surface area (Å²) in [6, 6.07) is 45.9. The van der Waals surface area contributed by atoms with Gasteiger partial charge in [-0.15, -0.1) is 11.3 Å². The van der Waals surface area contributed by atoms with Gasteiger partial charge in [0.2, 0.25) is 5.95 Å². The number of nitrogens with zero attached hydrogens (tertiary/aromatic N) is 4. The zero-order valence-corrected chi connectivity index (χ0v) is 34.1. The normalized spacial score (nSPS) is 16.7. The standard InChI is InChI=1S/C54H38N4OS/c1-54(2)42-20-10-6-16-34(42)35-26-24-33(29-43(35)54)52-55-51(31-14-4-3-5-15-31)56-53(57-52)58-44-21-11-7-19-38(44)48-49(58)39(30-41-36-17-8-12-22-45(36)59-50(41)48)32-25-27-47-40(28-32)37-18-9-13-23-46(37)60-47/h3-11,13-21,23-28,30,33H,12,22,29H2,1-2H3. The summed E-state index contributed by atoms with van der Waals surface area (Å²) in [5.41, 5.74) is 12.8. The van der Waals surface area contributed by atoms with Crippen molar-refractivity contribution in [2.75, 3.05) is 0 Å². The van der Waals surface area contributed by atoms with Gasteiger partial charge in [-0.3, -0.25) is 4.57 Å². The van der Waals surface area contributed by atoms with Crippen molar-refractivity contribution < 1.29 is 4.42 Å². The Morgan fingerprint density at radius 3 is 2.42 bits per heavy atom. The van der Waals surface area contributed by atoms with Crippen molar-refractivity contribution in [3.05, 3.63) is 179 Å². The molecule has 5 nitrogen and oxygen atoms in total. The number of furan rings is 1. The lowest BCUT2D eigenvalue weighted by atomic mass is 9.76. The molecule has 4 heterocycles. The molecule has 0 spiro atoms. The number of para-hydroxylation sites is 1. The fraction of sp³-hybridized carbons (Fsp3) is 0.130. The van der Waals surface area contributed by atoms with Gasteiger partial charge in [0, 0.05) is 65.4 Å². The molecule has 0 radical (unpaired) electrons. The van der Waals surface area contributed by atoms with Crippen LogP contribution >= 0.6 is 11.3 Å². The first-order valence-corrected chi connectivity index (χ1v) is 21.7. The van der Waals surface area contributed by atoms with E-state index in [1.807, 2.05) is 17.4 Å². The van der Waals surface area contributed by atoms with Crippen LogP contribution < -0.4 is 0 Å². The Morgan fingerprint density at radius 1 is 0.700 bits per heavy atom. The van der Waals surface area contributed by atoms with E-state index in [4.69, 9.17) is 19.4 Å². The van der Waals surface area contributed by atoms with Gasteiger partial charge in [0.25, 0.3) is 0 Å². The van der Waals surface area contributed by atoms with Gasteiger partial charge in [-0.1, -0.05) is 141 Å². The number of allylic oxidation sites excluding steroid dienone is 5. The summed E-state index contributed by atoms with van der Waals surface area (Å²) in [6.07, 6.45) is 11.8. The number of hydrogen-bond donors (Lipinski definition) is 0. The van der Waals surface area contributed by atoms with Crippen LogP contribution in [0.4, 0.5) is 0 Å². The van der Waals surface area contributed by atoms with E-state index in [1.165, 1.54) is 48.0 Å². The van der Waals surface area contributed by atoms with Crippen molar-refractivity contribution in [1.29, 1.82) is 0 Å². The van der Waals surface area contributed by atoms with E-state index in [0.29, 0.717) is 11.8 Å². The summed E-state index contributed by atoms with van der Waals surface area (Å²) < 4.78 is 11.8. The summed E-state index contributed by atoms with van der Waals surface area (Å²) >= 11 is 1.85. The molecule has 13 rings (SSSR count). The second-order valence-electron chi connectivity index (χ2n) is 17.0. The molecule has 0 N–H and O–H groups in total. The lowest BCUT2D eigenvalue weighted by Crippen LogP contribution is -2.20. The summed E-state index contributed by atoms with van der Waals surface area (Å²) in [4.78, 5) is 16.2. The van der Waals surface area contributed by atoms with Crippen molar-refractivity contribution >= 4 is 75.9 Å². The predicted molar refractivity (Wildman–Crippen MR) is 248 cm³/mol. The zero-order valence-electron chi connectivity index (χ0n) is 33.2. The molecule has 1 unspecified atom stereocenters. The van der Waals surface area contributed by atoms with E-state index >= 15 is 0 Å². The molecule has 6 aromatic carbocycles. The van der Waals surface area contributed by atoms with Gasteiger partial charge >= 0.3 is 0 Å². The quantitative estimate of drug-likeness (QED) is 0.178. The molecule has 0 aliphatic heterocycles. The Morgan fingerprint density at radius 2 is 1.50 bits per heavy atom. The third-order valence-electron chi connectivity index (χ3n) is 13.3. The third kappa shape index (κ3) is 4.82. The van der Waals surface area contributed by atoms with E-state index < -0.39 is 0 Å². The van der Waals surface area contributed by atoms with Gasteiger partial charge in [0.1, 0.15) is 17.2 Å². The van der Waals surface area contributed by atoms with Crippen LogP contribution in [0.2, 0.25) is 0 Å². The van der Waals surface area contributed by atoms with Crippen LogP contribution in [0.5, 0.6) is 0 Å². The highest BCUT2D eigenvalue weighted by molar-refractivity contribution is 7.25. The topological polar surface area (TPSA) is 56.7 Å². The highest BCUT2D eigenvalue weighted by Crippen LogP contribution is 2.52. The van der Waals surface area contributed by atoms with Crippen LogP contribution in [0.3, 0.4) is 0 Å². The number of thiophene rings is 1. The maximum absolute atomic E-state index is 6.94.